The molecule has 0 amide bonds. The lowest BCUT2D eigenvalue weighted by Crippen LogP contribution is -2.38. The largest absolute Gasteiger partial charge is 0.491 e. The van der Waals surface area contributed by atoms with E-state index in [1.54, 1.807) is 38.4 Å². The zero-order chi connectivity index (χ0) is 15.3. The van der Waals surface area contributed by atoms with E-state index in [9.17, 15) is 8.42 Å². The summed E-state index contributed by atoms with van der Waals surface area (Å²) >= 11 is 0. The van der Waals surface area contributed by atoms with E-state index in [1.807, 2.05) is 0 Å². The Morgan fingerprint density at radius 3 is 2.50 bits per heavy atom. The van der Waals surface area contributed by atoms with Crippen molar-refractivity contribution in [2.24, 2.45) is 0 Å². The van der Waals surface area contributed by atoms with Crippen molar-refractivity contribution in [3.8, 4) is 5.75 Å². The Balaban J connectivity index is 0.00000242. The molecule has 0 aromatic heterocycles. The van der Waals surface area contributed by atoms with Gasteiger partial charge in [0.2, 0.25) is 10.0 Å². The predicted molar refractivity (Wildman–Crippen MR) is 87.3 cm³/mol. The van der Waals surface area contributed by atoms with Crippen LogP contribution in [0.15, 0.2) is 29.2 Å². The van der Waals surface area contributed by atoms with E-state index < -0.39 is 10.0 Å². The molecular formula is C14H23ClN2O4S. The van der Waals surface area contributed by atoms with Crippen molar-refractivity contribution >= 4 is 22.4 Å². The number of hydrogen-bond acceptors (Lipinski definition) is 5. The van der Waals surface area contributed by atoms with Crippen molar-refractivity contribution < 1.29 is 17.9 Å². The Kier molecular flexibility index (Phi) is 7.58. The van der Waals surface area contributed by atoms with Gasteiger partial charge in [0, 0.05) is 26.7 Å². The number of halogens is 1. The summed E-state index contributed by atoms with van der Waals surface area (Å²) in [5, 5.41) is 3.18. The number of ether oxygens (including phenoxy) is 2. The van der Waals surface area contributed by atoms with Gasteiger partial charge in [-0.05, 0) is 37.2 Å². The molecule has 0 bridgehead atoms. The molecule has 1 aromatic rings. The number of benzene rings is 1. The highest BCUT2D eigenvalue weighted by atomic mass is 35.5. The van der Waals surface area contributed by atoms with E-state index in [0.717, 1.165) is 13.0 Å². The first-order chi connectivity index (χ1) is 10.1. The topological polar surface area (TPSA) is 67.9 Å². The van der Waals surface area contributed by atoms with Gasteiger partial charge in [-0.1, -0.05) is 0 Å². The van der Waals surface area contributed by atoms with Crippen molar-refractivity contribution in [1.82, 2.24) is 9.62 Å². The molecule has 1 atom stereocenters. The molecule has 126 valence electrons. The van der Waals surface area contributed by atoms with Crippen LogP contribution in [0.2, 0.25) is 0 Å². The number of likely N-dealkylation sites (N-methyl/N-ethyl adjacent to an activating group) is 1. The standard InChI is InChI=1S/C14H22N2O4S.ClH/c1-16(12-7-8-15-11-12)21(17,18)14-5-3-13(4-6-14)20-10-9-19-2;/h3-6,12,15H,7-11H2,1-2H3;1H. The minimum Gasteiger partial charge on any atom is -0.491 e. The van der Waals surface area contributed by atoms with Crippen LogP contribution in [0.25, 0.3) is 0 Å². The molecule has 0 saturated carbocycles. The lowest BCUT2D eigenvalue weighted by Gasteiger charge is -2.23. The third-order valence-electron chi connectivity index (χ3n) is 3.61. The number of methoxy groups -OCH3 is 1. The van der Waals surface area contributed by atoms with Crippen LogP contribution >= 0.6 is 12.4 Å². The normalized spacial score (nSPS) is 18.2. The highest BCUT2D eigenvalue weighted by Gasteiger charge is 2.29. The third-order valence-corrected chi connectivity index (χ3v) is 5.53. The Hall–Kier alpha value is -0.860. The lowest BCUT2D eigenvalue weighted by atomic mass is 10.3. The van der Waals surface area contributed by atoms with E-state index in [4.69, 9.17) is 9.47 Å². The molecule has 0 aliphatic carbocycles. The van der Waals surface area contributed by atoms with E-state index in [2.05, 4.69) is 5.32 Å². The van der Waals surface area contributed by atoms with Gasteiger partial charge in [-0.2, -0.15) is 4.31 Å². The van der Waals surface area contributed by atoms with Gasteiger partial charge < -0.3 is 14.8 Å². The van der Waals surface area contributed by atoms with Gasteiger partial charge in [0.1, 0.15) is 12.4 Å². The Bertz CT molecular complexity index is 544. The van der Waals surface area contributed by atoms with Crippen molar-refractivity contribution in [2.45, 2.75) is 17.4 Å². The van der Waals surface area contributed by atoms with Crippen LogP contribution in [-0.2, 0) is 14.8 Å². The second kappa shape index (κ2) is 8.69. The fraction of sp³-hybridized carbons (Fsp3) is 0.571. The predicted octanol–water partition coefficient (Wildman–Crippen LogP) is 1.12. The van der Waals surface area contributed by atoms with Crippen LogP contribution in [0.5, 0.6) is 5.75 Å². The Morgan fingerprint density at radius 1 is 1.27 bits per heavy atom. The molecule has 1 saturated heterocycles. The van der Waals surface area contributed by atoms with Gasteiger partial charge in [-0.25, -0.2) is 8.42 Å². The summed E-state index contributed by atoms with van der Waals surface area (Å²) in [4.78, 5) is 0.288. The molecule has 6 nitrogen and oxygen atoms in total. The summed E-state index contributed by atoms with van der Waals surface area (Å²) < 4.78 is 36.8. The molecule has 1 fully saturated rings. The molecule has 0 spiro atoms. The smallest absolute Gasteiger partial charge is 0.243 e. The summed E-state index contributed by atoms with van der Waals surface area (Å²) in [7, 11) is -0.212. The number of nitrogens with zero attached hydrogens (tertiary/aromatic N) is 1. The Morgan fingerprint density at radius 2 is 1.95 bits per heavy atom. The number of nitrogens with one attached hydrogen (secondary N) is 1. The summed E-state index contributed by atoms with van der Waals surface area (Å²) in [6.07, 6.45) is 0.841. The number of hydrogen-bond donors (Lipinski definition) is 1. The first-order valence-corrected chi connectivity index (χ1v) is 8.40. The minimum atomic E-state index is -3.45. The molecule has 1 aromatic carbocycles. The van der Waals surface area contributed by atoms with Crippen LogP contribution in [-0.4, -0.2) is 59.2 Å². The number of rotatable bonds is 7. The first kappa shape index (κ1) is 19.2. The van der Waals surface area contributed by atoms with Crippen LogP contribution in [0, 0.1) is 0 Å². The van der Waals surface area contributed by atoms with E-state index in [-0.39, 0.29) is 23.3 Å². The number of sulfonamides is 1. The quantitative estimate of drug-likeness (QED) is 0.746. The molecule has 1 N–H and O–H groups in total. The molecule has 1 unspecified atom stereocenters. The van der Waals surface area contributed by atoms with Crippen LogP contribution in [0.1, 0.15) is 6.42 Å². The van der Waals surface area contributed by atoms with Crippen molar-refractivity contribution in [3.63, 3.8) is 0 Å². The zero-order valence-corrected chi connectivity index (χ0v) is 14.5. The van der Waals surface area contributed by atoms with E-state index >= 15 is 0 Å². The van der Waals surface area contributed by atoms with Gasteiger partial charge in [0.25, 0.3) is 0 Å². The monoisotopic (exact) mass is 350 g/mol. The van der Waals surface area contributed by atoms with E-state index in [1.165, 1.54) is 4.31 Å². The maximum absolute atomic E-state index is 12.5. The van der Waals surface area contributed by atoms with Crippen molar-refractivity contribution in [3.05, 3.63) is 24.3 Å². The Labute approximate surface area is 138 Å². The van der Waals surface area contributed by atoms with Gasteiger partial charge in [0.15, 0.2) is 0 Å². The minimum absolute atomic E-state index is 0. The third kappa shape index (κ3) is 4.57. The molecule has 2 rings (SSSR count). The second-order valence-electron chi connectivity index (χ2n) is 4.98. The second-order valence-corrected chi connectivity index (χ2v) is 6.98. The maximum Gasteiger partial charge on any atom is 0.243 e. The van der Waals surface area contributed by atoms with Gasteiger partial charge in [0.05, 0.1) is 11.5 Å². The summed E-state index contributed by atoms with van der Waals surface area (Å²) in [5.41, 5.74) is 0. The first-order valence-electron chi connectivity index (χ1n) is 6.96. The van der Waals surface area contributed by atoms with Crippen molar-refractivity contribution in [2.75, 3.05) is 40.5 Å². The fourth-order valence-electron chi connectivity index (χ4n) is 2.26. The molecule has 0 radical (unpaired) electrons. The molecule has 1 heterocycles. The lowest BCUT2D eigenvalue weighted by molar-refractivity contribution is 0.146. The molecule has 22 heavy (non-hydrogen) atoms. The zero-order valence-electron chi connectivity index (χ0n) is 12.8. The van der Waals surface area contributed by atoms with E-state index in [0.29, 0.717) is 25.5 Å². The molecular weight excluding hydrogens is 328 g/mol. The molecule has 1 aliphatic heterocycles. The average molecular weight is 351 g/mol. The molecule has 1 aliphatic rings. The summed E-state index contributed by atoms with van der Waals surface area (Å²) in [6, 6.07) is 6.52. The highest BCUT2D eigenvalue weighted by Crippen LogP contribution is 2.21. The average Bonchev–Trinajstić information content (AvgIpc) is 3.01. The summed E-state index contributed by atoms with van der Waals surface area (Å²) in [5.74, 6) is 0.635. The van der Waals surface area contributed by atoms with Gasteiger partial charge >= 0.3 is 0 Å². The van der Waals surface area contributed by atoms with Crippen LogP contribution in [0.4, 0.5) is 0 Å². The van der Waals surface area contributed by atoms with Crippen LogP contribution < -0.4 is 10.1 Å². The van der Waals surface area contributed by atoms with Gasteiger partial charge in [-0.3, -0.25) is 0 Å². The summed E-state index contributed by atoms with van der Waals surface area (Å²) in [6.45, 7) is 2.50. The van der Waals surface area contributed by atoms with Gasteiger partial charge in [-0.15, -0.1) is 12.4 Å². The fourth-order valence-corrected chi connectivity index (χ4v) is 3.65. The van der Waals surface area contributed by atoms with Crippen LogP contribution in [0.3, 0.4) is 0 Å². The highest BCUT2D eigenvalue weighted by molar-refractivity contribution is 7.89. The SMILES string of the molecule is COCCOc1ccc(S(=O)(=O)N(C)C2CCNC2)cc1.Cl. The maximum atomic E-state index is 12.5. The molecule has 8 heteroatoms. The van der Waals surface area contributed by atoms with Crippen molar-refractivity contribution in [1.29, 1.82) is 0 Å².